The number of carbonyl (C=O) groups is 1. The summed E-state index contributed by atoms with van der Waals surface area (Å²) in [5.74, 6) is 0.490. The molecule has 1 aliphatic carbocycles. The molecule has 18 heavy (non-hydrogen) atoms. The highest BCUT2D eigenvalue weighted by molar-refractivity contribution is 5.81. The van der Waals surface area contributed by atoms with Gasteiger partial charge >= 0.3 is 0 Å². The first-order chi connectivity index (χ1) is 8.38. The summed E-state index contributed by atoms with van der Waals surface area (Å²) in [5, 5.41) is 3.08. The summed E-state index contributed by atoms with van der Waals surface area (Å²) < 4.78 is 0. The second kappa shape index (κ2) is 4.75. The van der Waals surface area contributed by atoms with Crippen molar-refractivity contribution < 1.29 is 4.79 Å². The molecule has 1 N–H and O–H groups in total. The first kappa shape index (κ1) is 13.1. The fraction of sp³-hybridized carbons (Fsp3) is 0.562. The fourth-order valence-corrected chi connectivity index (χ4v) is 2.03. The average molecular weight is 245 g/mol. The number of hydrogen-bond acceptors (Lipinski definition) is 1. The fourth-order valence-electron chi connectivity index (χ4n) is 2.03. The van der Waals surface area contributed by atoms with Crippen molar-refractivity contribution in [2.45, 2.75) is 52.0 Å². The molecular weight excluding hydrogens is 222 g/mol. The smallest absolute Gasteiger partial charge is 0.223 e. The number of hydrogen-bond donors (Lipinski definition) is 1. The minimum Gasteiger partial charge on any atom is -0.349 e. The van der Waals surface area contributed by atoms with E-state index < -0.39 is 0 Å². The molecular formula is C16H23NO. The minimum atomic E-state index is 0.104. The number of benzene rings is 1. The van der Waals surface area contributed by atoms with Gasteiger partial charge in [0.1, 0.15) is 0 Å². The normalized spacial score (nSPS) is 17.3. The lowest BCUT2D eigenvalue weighted by Crippen LogP contribution is -2.27. The van der Waals surface area contributed by atoms with E-state index in [9.17, 15) is 4.79 Å². The highest BCUT2D eigenvalue weighted by Crippen LogP contribution is 2.30. The molecule has 0 aliphatic heterocycles. The molecule has 1 aromatic carbocycles. The molecule has 0 aromatic heterocycles. The minimum absolute atomic E-state index is 0.104. The van der Waals surface area contributed by atoms with Crippen molar-refractivity contribution in [2.75, 3.05) is 0 Å². The molecule has 0 spiro atoms. The van der Waals surface area contributed by atoms with Gasteiger partial charge in [0.25, 0.3) is 0 Å². The van der Waals surface area contributed by atoms with Crippen LogP contribution in [0, 0.1) is 5.92 Å². The van der Waals surface area contributed by atoms with Crippen molar-refractivity contribution in [1.29, 1.82) is 0 Å². The Morgan fingerprint density at radius 1 is 1.22 bits per heavy atom. The van der Waals surface area contributed by atoms with Gasteiger partial charge in [-0.25, -0.2) is 0 Å². The Kier molecular flexibility index (Phi) is 3.47. The summed E-state index contributed by atoms with van der Waals surface area (Å²) in [5.41, 5.74) is 2.68. The van der Waals surface area contributed by atoms with E-state index in [-0.39, 0.29) is 23.3 Å². The van der Waals surface area contributed by atoms with Crippen molar-refractivity contribution in [3.8, 4) is 0 Å². The monoisotopic (exact) mass is 245 g/mol. The van der Waals surface area contributed by atoms with E-state index in [1.54, 1.807) is 0 Å². The van der Waals surface area contributed by atoms with Crippen LogP contribution >= 0.6 is 0 Å². The Labute approximate surface area is 110 Å². The van der Waals surface area contributed by atoms with E-state index in [0.717, 1.165) is 12.8 Å². The van der Waals surface area contributed by atoms with Crippen molar-refractivity contribution >= 4 is 5.91 Å². The summed E-state index contributed by atoms with van der Waals surface area (Å²) in [7, 11) is 0. The zero-order chi connectivity index (χ0) is 13.3. The van der Waals surface area contributed by atoms with E-state index in [1.165, 1.54) is 11.1 Å². The molecule has 1 atom stereocenters. The number of amides is 1. The van der Waals surface area contributed by atoms with E-state index in [4.69, 9.17) is 0 Å². The van der Waals surface area contributed by atoms with E-state index in [2.05, 4.69) is 50.4 Å². The van der Waals surface area contributed by atoms with Gasteiger partial charge in [-0.3, -0.25) is 4.79 Å². The van der Waals surface area contributed by atoms with Crippen LogP contribution in [-0.2, 0) is 10.2 Å². The van der Waals surface area contributed by atoms with Crippen LogP contribution in [0.3, 0.4) is 0 Å². The summed E-state index contributed by atoms with van der Waals surface area (Å²) in [6, 6.07) is 8.67. The lowest BCUT2D eigenvalue weighted by Gasteiger charge is -2.20. The second-order valence-corrected chi connectivity index (χ2v) is 6.38. The third-order valence-corrected chi connectivity index (χ3v) is 3.58. The molecule has 2 rings (SSSR count). The summed E-state index contributed by atoms with van der Waals surface area (Å²) in [4.78, 5) is 11.7. The van der Waals surface area contributed by atoms with Gasteiger partial charge in [0, 0.05) is 5.92 Å². The maximum absolute atomic E-state index is 11.7. The van der Waals surface area contributed by atoms with Gasteiger partial charge in [-0.15, -0.1) is 0 Å². The zero-order valence-corrected chi connectivity index (χ0v) is 11.8. The Morgan fingerprint density at radius 2 is 1.78 bits per heavy atom. The Balaban J connectivity index is 2.02. The third-order valence-electron chi connectivity index (χ3n) is 3.58. The van der Waals surface area contributed by atoms with Gasteiger partial charge in [-0.2, -0.15) is 0 Å². The highest BCUT2D eigenvalue weighted by Gasteiger charge is 2.30. The van der Waals surface area contributed by atoms with Gasteiger partial charge < -0.3 is 5.32 Å². The molecule has 98 valence electrons. The van der Waals surface area contributed by atoms with Crippen LogP contribution in [0.5, 0.6) is 0 Å². The number of carbonyl (C=O) groups excluding carboxylic acids is 1. The number of nitrogens with one attached hydrogen (secondary N) is 1. The predicted molar refractivity (Wildman–Crippen MR) is 74.4 cm³/mol. The quantitative estimate of drug-likeness (QED) is 0.866. The first-order valence-corrected chi connectivity index (χ1v) is 6.79. The van der Waals surface area contributed by atoms with Crippen LogP contribution in [0.4, 0.5) is 0 Å². The number of rotatable bonds is 3. The predicted octanol–water partition coefficient (Wildman–Crippen LogP) is 3.57. The van der Waals surface area contributed by atoms with Crippen LogP contribution in [0.2, 0.25) is 0 Å². The van der Waals surface area contributed by atoms with E-state index in [1.807, 2.05) is 6.92 Å². The second-order valence-electron chi connectivity index (χ2n) is 6.38. The summed E-state index contributed by atoms with van der Waals surface area (Å²) >= 11 is 0. The molecule has 1 fully saturated rings. The van der Waals surface area contributed by atoms with Crippen LogP contribution in [0.25, 0.3) is 0 Å². The molecule has 0 radical (unpaired) electrons. The molecule has 1 aromatic rings. The van der Waals surface area contributed by atoms with Crippen molar-refractivity contribution in [3.63, 3.8) is 0 Å². The van der Waals surface area contributed by atoms with Crippen LogP contribution in [0.15, 0.2) is 24.3 Å². The third kappa shape index (κ3) is 3.12. The van der Waals surface area contributed by atoms with Gasteiger partial charge in [-0.1, -0.05) is 45.0 Å². The van der Waals surface area contributed by atoms with E-state index >= 15 is 0 Å². The summed E-state index contributed by atoms with van der Waals surface area (Å²) in [6.45, 7) is 8.67. The average Bonchev–Trinajstić information content (AvgIpc) is 3.11. The molecule has 1 saturated carbocycles. The Hall–Kier alpha value is -1.31. The van der Waals surface area contributed by atoms with Crippen molar-refractivity contribution in [1.82, 2.24) is 5.32 Å². The maximum atomic E-state index is 11.7. The highest BCUT2D eigenvalue weighted by atomic mass is 16.2. The maximum Gasteiger partial charge on any atom is 0.223 e. The summed E-state index contributed by atoms with van der Waals surface area (Å²) in [6.07, 6.45) is 2.11. The molecule has 0 heterocycles. The van der Waals surface area contributed by atoms with Gasteiger partial charge in [0.15, 0.2) is 0 Å². The molecule has 1 amide bonds. The largest absolute Gasteiger partial charge is 0.349 e. The molecule has 1 unspecified atom stereocenters. The Bertz CT molecular complexity index is 423. The molecule has 2 nitrogen and oxygen atoms in total. The lowest BCUT2D eigenvalue weighted by molar-refractivity contribution is -0.122. The zero-order valence-electron chi connectivity index (χ0n) is 11.8. The topological polar surface area (TPSA) is 29.1 Å². The van der Waals surface area contributed by atoms with Crippen molar-refractivity contribution in [2.24, 2.45) is 5.92 Å². The van der Waals surface area contributed by atoms with Gasteiger partial charge in [0.05, 0.1) is 6.04 Å². The molecule has 0 bridgehead atoms. The SMILES string of the molecule is CC(NC(=O)C1CC1)c1ccc(C(C)(C)C)cc1. The molecule has 1 aliphatic rings. The van der Waals surface area contributed by atoms with Crippen LogP contribution in [0.1, 0.15) is 57.7 Å². The Morgan fingerprint density at radius 3 is 2.22 bits per heavy atom. The van der Waals surface area contributed by atoms with Crippen molar-refractivity contribution in [3.05, 3.63) is 35.4 Å². The lowest BCUT2D eigenvalue weighted by atomic mass is 9.86. The van der Waals surface area contributed by atoms with Crippen LogP contribution in [-0.4, -0.2) is 5.91 Å². The standard InChI is InChI=1S/C16H23NO/c1-11(17-15(18)13-5-6-13)12-7-9-14(10-8-12)16(2,3)4/h7-11,13H,5-6H2,1-4H3,(H,17,18). The first-order valence-electron chi connectivity index (χ1n) is 6.79. The van der Waals surface area contributed by atoms with Crippen LogP contribution < -0.4 is 5.32 Å². The molecule has 2 heteroatoms. The molecule has 0 saturated heterocycles. The van der Waals surface area contributed by atoms with Gasteiger partial charge in [-0.05, 0) is 36.3 Å². The van der Waals surface area contributed by atoms with Gasteiger partial charge in [0.2, 0.25) is 5.91 Å². The van der Waals surface area contributed by atoms with E-state index in [0.29, 0.717) is 0 Å².